The van der Waals surface area contributed by atoms with Crippen LogP contribution in [0.15, 0.2) is 69.6 Å². The smallest absolute Gasteiger partial charge is 0.139 e. The van der Waals surface area contributed by atoms with Crippen molar-refractivity contribution < 1.29 is 13.9 Å². The SMILES string of the molecule is CCOc1ccc(NCc2cc(Br)cc(Br)c2OCc2ccc(F)cc2)cc1. The lowest BCUT2D eigenvalue weighted by molar-refractivity contribution is 0.301. The molecule has 3 aromatic rings. The van der Waals surface area contributed by atoms with Crippen molar-refractivity contribution in [3.8, 4) is 11.5 Å². The molecule has 146 valence electrons. The molecule has 3 aromatic carbocycles. The van der Waals surface area contributed by atoms with E-state index in [2.05, 4.69) is 37.2 Å². The lowest BCUT2D eigenvalue weighted by Crippen LogP contribution is -2.05. The fourth-order valence-electron chi connectivity index (χ4n) is 2.68. The van der Waals surface area contributed by atoms with Crippen LogP contribution in [0.3, 0.4) is 0 Å². The Labute approximate surface area is 181 Å². The zero-order valence-electron chi connectivity index (χ0n) is 15.3. The van der Waals surface area contributed by atoms with E-state index in [1.807, 2.05) is 43.3 Å². The molecule has 0 heterocycles. The van der Waals surface area contributed by atoms with Gasteiger partial charge in [0.1, 0.15) is 23.9 Å². The van der Waals surface area contributed by atoms with E-state index >= 15 is 0 Å². The van der Waals surface area contributed by atoms with Crippen molar-refractivity contribution in [2.75, 3.05) is 11.9 Å². The summed E-state index contributed by atoms with van der Waals surface area (Å²) in [7, 11) is 0. The monoisotopic (exact) mass is 507 g/mol. The van der Waals surface area contributed by atoms with Crippen LogP contribution in [0.4, 0.5) is 10.1 Å². The molecule has 0 radical (unpaired) electrons. The Morgan fingerprint density at radius 2 is 1.64 bits per heavy atom. The molecule has 0 aliphatic heterocycles. The molecule has 0 aliphatic rings. The second kappa shape index (κ2) is 9.94. The summed E-state index contributed by atoms with van der Waals surface area (Å²) in [6.45, 7) is 3.56. The third kappa shape index (κ3) is 5.72. The Morgan fingerprint density at radius 1 is 0.929 bits per heavy atom. The molecule has 0 amide bonds. The molecule has 0 atom stereocenters. The van der Waals surface area contributed by atoms with Gasteiger partial charge in [-0.05, 0) is 76.9 Å². The van der Waals surface area contributed by atoms with E-state index in [0.717, 1.165) is 37.3 Å². The van der Waals surface area contributed by atoms with Gasteiger partial charge in [-0.3, -0.25) is 0 Å². The zero-order valence-corrected chi connectivity index (χ0v) is 18.5. The van der Waals surface area contributed by atoms with Crippen LogP contribution in [0.2, 0.25) is 0 Å². The maximum atomic E-state index is 13.1. The predicted molar refractivity (Wildman–Crippen MR) is 118 cm³/mol. The highest BCUT2D eigenvalue weighted by atomic mass is 79.9. The number of nitrogens with one attached hydrogen (secondary N) is 1. The minimum atomic E-state index is -0.256. The Hall–Kier alpha value is -2.05. The second-order valence-electron chi connectivity index (χ2n) is 6.10. The highest BCUT2D eigenvalue weighted by Crippen LogP contribution is 2.34. The zero-order chi connectivity index (χ0) is 19.9. The van der Waals surface area contributed by atoms with Crippen molar-refractivity contribution in [2.24, 2.45) is 0 Å². The van der Waals surface area contributed by atoms with Crippen LogP contribution < -0.4 is 14.8 Å². The van der Waals surface area contributed by atoms with Crippen LogP contribution in [0.5, 0.6) is 11.5 Å². The van der Waals surface area contributed by atoms with Crippen molar-refractivity contribution in [2.45, 2.75) is 20.1 Å². The second-order valence-corrected chi connectivity index (χ2v) is 7.87. The molecule has 0 spiro atoms. The van der Waals surface area contributed by atoms with Gasteiger partial charge in [-0.15, -0.1) is 0 Å². The van der Waals surface area contributed by atoms with Crippen LogP contribution in [0.25, 0.3) is 0 Å². The van der Waals surface area contributed by atoms with Crippen molar-refractivity contribution >= 4 is 37.5 Å². The van der Waals surface area contributed by atoms with Crippen molar-refractivity contribution in [3.63, 3.8) is 0 Å². The van der Waals surface area contributed by atoms with Crippen molar-refractivity contribution in [3.05, 3.63) is 86.6 Å². The summed E-state index contributed by atoms with van der Waals surface area (Å²) in [6.07, 6.45) is 0. The van der Waals surface area contributed by atoms with E-state index in [1.165, 1.54) is 12.1 Å². The summed E-state index contributed by atoms with van der Waals surface area (Å²) >= 11 is 7.11. The van der Waals surface area contributed by atoms with Gasteiger partial charge in [-0.1, -0.05) is 28.1 Å². The first kappa shape index (κ1) is 20.7. The topological polar surface area (TPSA) is 30.5 Å². The largest absolute Gasteiger partial charge is 0.494 e. The van der Waals surface area contributed by atoms with Gasteiger partial charge in [0.2, 0.25) is 0 Å². The molecule has 0 unspecified atom stereocenters. The lowest BCUT2D eigenvalue weighted by Gasteiger charge is -2.16. The Balaban J connectivity index is 1.71. The number of hydrogen-bond donors (Lipinski definition) is 1. The Kier molecular flexibility index (Phi) is 7.34. The Bertz CT molecular complexity index is 915. The molecule has 0 saturated carbocycles. The number of hydrogen-bond acceptors (Lipinski definition) is 3. The molecular formula is C22H20Br2FNO2. The summed E-state index contributed by atoms with van der Waals surface area (Å²) in [5.41, 5.74) is 2.89. The third-order valence-corrected chi connectivity index (χ3v) is 5.08. The summed E-state index contributed by atoms with van der Waals surface area (Å²) in [4.78, 5) is 0. The van der Waals surface area contributed by atoms with E-state index in [1.54, 1.807) is 12.1 Å². The third-order valence-electron chi connectivity index (χ3n) is 4.03. The summed E-state index contributed by atoms with van der Waals surface area (Å²) in [5, 5.41) is 3.40. The van der Waals surface area contributed by atoms with Crippen LogP contribution in [0.1, 0.15) is 18.1 Å². The maximum Gasteiger partial charge on any atom is 0.139 e. The lowest BCUT2D eigenvalue weighted by atomic mass is 10.2. The van der Waals surface area contributed by atoms with Gasteiger partial charge in [-0.2, -0.15) is 0 Å². The molecule has 1 N–H and O–H groups in total. The molecule has 28 heavy (non-hydrogen) atoms. The van der Waals surface area contributed by atoms with Gasteiger partial charge in [0, 0.05) is 22.3 Å². The normalized spacial score (nSPS) is 10.6. The van der Waals surface area contributed by atoms with Crippen LogP contribution in [0, 0.1) is 5.82 Å². The minimum Gasteiger partial charge on any atom is -0.494 e. The standard InChI is InChI=1S/C22H20Br2FNO2/c1-2-27-20-9-7-19(8-10-20)26-13-16-11-17(23)12-21(24)22(16)28-14-15-3-5-18(25)6-4-15/h3-12,26H,2,13-14H2,1H3. The maximum absolute atomic E-state index is 13.1. The predicted octanol–water partition coefficient (Wildman–Crippen LogP) is 6.94. The van der Waals surface area contributed by atoms with E-state index < -0.39 is 0 Å². The van der Waals surface area contributed by atoms with E-state index in [0.29, 0.717) is 19.8 Å². The molecule has 6 heteroatoms. The first-order valence-corrected chi connectivity index (χ1v) is 10.5. The quantitative estimate of drug-likeness (QED) is 0.357. The fraction of sp³-hybridized carbons (Fsp3) is 0.182. The van der Waals surface area contributed by atoms with Crippen LogP contribution in [-0.4, -0.2) is 6.61 Å². The van der Waals surface area contributed by atoms with Gasteiger partial charge in [0.15, 0.2) is 0 Å². The number of halogens is 3. The van der Waals surface area contributed by atoms with Crippen molar-refractivity contribution in [1.29, 1.82) is 0 Å². The van der Waals surface area contributed by atoms with Gasteiger partial charge in [-0.25, -0.2) is 4.39 Å². The molecule has 0 fully saturated rings. The molecule has 0 aromatic heterocycles. The van der Waals surface area contributed by atoms with E-state index in [9.17, 15) is 4.39 Å². The molecule has 0 bridgehead atoms. The summed E-state index contributed by atoms with van der Waals surface area (Å²) < 4.78 is 26.4. The Morgan fingerprint density at radius 3 is 2.32 bits per heavy atom. The van der Waals surface area contributed by atoms with Gasteiger partial charge >= 0.3 is 0 Å². The minimum absolute atomic E-state index is 0.256. The highest BCUT2D eigenvalue weighted by Gasteiger charge is 2.11. The number of anilines is 1. The molecule has 0 saturated heterocycles. The molecular weight excluding hydrogens is 489 g/mol. The number of ether oxygens (including phenoxy) is 2. The average Bonchev–Trinajstić information content (AvgIpc) is 2.68. The highest BCUT2D eigenvalue weighted by molar-refractivity contribution is 9.11. The first-order chi connectivity index (χ1) is 13.5. The van der Waals surface area contributed by atoms with Crippen molar-refractivity contribution in [1.82, 2.24) is 0 Å². The molecule has 0 aliphatic carbocycles. The average molecular weight is 509 g/mol. The van der Waals surface area contributed by atoms with Crippen LogP contribution >= 0.6 is 31.9 Å². The van der Waals surface area contributed by atoms with Gasteiger partial charge in [0.05, 0.1) is 11.1 Å². The molecule has 3 rings (SSSR count). The first-order valence-electron chi connectivity index (χ1n) is 8.87. The van der Waals surface area contributed by atoms with E-state index in [-0.39, 0.29) is 5.82 Å². The molecule has 3 nitrogen and oxygen atoms in total. The van der Waals surface area contributed by atoms with Gasteiger partial charge in [0.25, 0.3) is 0 Å². The number of benzene rings is 3. The summed E-state index contributed by atoms with van der Waals surface area (Å²) in [6, 6.07) is 18.1. The van der Waals surface area contributed by atoms with Crippen LogP contribution in [-0.2, 0) is 13.2 Å². The van der Waals surface area contributed by atoms with E-state index in [4.69, 9.17) is 9.47 Å². The fourth-order valence-corrected chi connectivity index (χ4v) is 4.10. The van der Waals surface area contributed by atoms with Gasteiger partial charge < -0.3 is 14.8 Å². The summed E-state index contributed by atoms with van der Waals surface area (Å²) in [5.74, 6) is 1.35. The number of rotatable bonds is 8.